The van der Waals surface area contributed by atoms with Gasteiger partial charge in [0.2, 0.25) is 0 Å². The number of hydrogen-bond donors (Lipinski definition) is 6. The van der Waals surface area contributed by atoms with Crippen molar-refractivity contribution in [1.82, 2.24) is 0 Å². The molecule has 0 fully saturated rings. The number of thiol groups is 2. The van der Waals surface area contributed by atoms with Crippen molar-refractivity contribution in [3.8, 4) is 0 Å². The van der Waals surface area contributed by atoms with Gasteiger partial charge in [0.1, 0.15) is 0 Å². The number of carbonyl (C=O) groups is 2. The van der Waals surface area contributed by atoms with Gasteiger partial charge < -0.3 is 20.4 Å². The molecule has 4 N–H and O–H groups in total. The third-order valence-electron chi connectivity index (χ3n) is 1.89. The molecule has 0 radical (unpaired) electrons. The average Bonchev–Trinajstić information content (AvgIpc) is 2.37. The lowest BCUT2D eigenvalue weighted by molar-refractivity contribution is -0.137. The molecule has 0 saturated carbocycles. The van der Waals surface area contributed by atoms with Gasteiger partial charge in [0.15, 0.2) is 6.29 Å². The Morgan fingerprint density at radius 1 is 0.900 bits per heavy atom. The van der Waals surface area contributed by atoms with Crippen LogP contribution in [0.1, 0.15) is 46.5 Å². The molecular weight excluding hydrogens is 304 g/mol. The monoisotopic (exact) mass is 330 g/mol. The fourth-order valence-corrected chi connectivity index (χ4v) is 0.607. The summed E-state index contributed by atoms with van der Waals surface area (Å²) in [5, 5.41) is 31.5. The van der Waals surface area contributed by atoms with Gasteiger partial charge in [-0.05, 0) is 19.3 Å². The first-order chi connectivity index (χ1) is 9.13. The Morgan fingerprint density at radius 2 is 1.20 bits per heavy atom. The maximum Gasteiger partial charge on any atom is 0.316 e. The highest BCUT2D eigenvalue weighted by molar-refractivity contribution is 7.82. The summed E-state index contributed by atoms with van der Waals surface area (Å²) >= 11 is 7.45. The Balaban J connectivity index is -0.000000218. The predicted octanol–water partition coefficient (Wildman–Crippen LogP) is 1.66. The molecule has 0 aromatic heterocycles. The lowest BCUT2D eigenvalue weighted by Crippen LogP contribution is -2.10. The number of aliphatic hydroxyl groups is 2. The largest absolute Gasteiger partial charge is 0.480 e. The van der Waals surface area contributed by atoms with Gasteiger partial charge in [-0.1, -0.05) is 27.2 Å². The molecule has 0 aromatic carbocycles. The molecule has 2 unspecified atom stereocenters. The smallest absolute Gasteiger partial charge is 0.316 e. The van der Waals surface area contributed by atoms with Crippen LogP contribution in [0.3, 0.4) is 0 Å². The molecule has 0 aliphatic rings. The molecule has 0 saturated heterocycles. The fraction of sp³-hybridized carbons (Fsp3) is 0.833. The van der Waals surface area contributed by atoms with E-state index in [2.05, 4.69) is 25.3 Å². The lowest BCUT2D eigenvalue weighted by Gasteiger charge is -1.95. The first-order valence-electron chi connectivity index (χ1n) is 6.31. The van der Waals surface area contributed by atoms with Gasteiger partial charge in [-0.2, -0.15) is 25.3 Å². The number of carboxylic acids is 2. The number of aliphatic carboxylic acids is 2. The Bertz CT molecular complexity index is 228. The minimum Gasteiger partial charge on any atom is -0.480 e. The predicted molar refractivity (Wildman–Crippen MR) is 84.5 cm³/mol. The molecule has 0 aliphatic heterocycles. The van der Waals surface area contributed by atoms with Crippen LogP contribution in [0, 0.1) is 0 Å². The van der Waals surface area contributed by atoms with Crippen LogP contribution in [-0.4, -0.2) is 49.2 Å². The van der Waals surface area contributed by atoms with Crippen molar-refractivity contribution in [1.29, 1.82) is 0 Å². The van der Waals surface area contributed by atoms with E-state index in [0.717, 1.165) is 6.42 Å². The Morgan fingerprint density at radius 3 is 1.20 bits per heavy atom. The zero-order valence-electron chi connectivity index (χ0n) is 12.1. The molecule has 8 heteroatoms. The van der Waals surface area contributed by atoms with E-state index in [1.807, 2.05) is 6.92 Å². The molecule has 20 heavy (non-hydrogen) atoms. The Labute approximate surface area is 131 Å². The number of carboxylic acid groups (broad SMARTS) is 2. The molecule has 2 atom stereocenters. The number of aliphatic hydroxyl groups excluding tert-OH is 1. The van der Waals surface area contributed by atoms with Crippen molar-refractivity contribution in [2.75, 3.05) is 0 Å². The highest BCUT2D eigenvalue weighted by atomic mass is 32.1. The Hall–Kier alpha value is -0.440. The van der Waals surface area contributed by atoms with Gasteiger partial charge >= 0.3 is 11.9 Å². The maximum atomic E-state index is 9.85. The van der Waals surface area contributed by atoms with Gasteiger partial charge in [0, 0.05) is 0 Å². The summed E-state index contributed by atoms with van der Waals surface area (Å²) in [5.74, 6) is -1.68. The summed E-state index contributed by atoms with van der Waals surface area (Å²) in [6, 6.07) is 0. The minimum absolute atomic E-state index is 0.486. The van der Waals surface area contributed by atoms with Crippen molar-refractivity contribution in [2.45, 2.75) is 63.2 Å². The van der Waals surface area contributed by atoms with Gasteiger partial charge in [-0.3, -0.25) is 9.59 Å². The SMILES string of the molecule is CCC(S)C(=O)O.CCC(S)C(=O)O.CCCC(O)O. The van der Waals surface area contributed by atoms with Crippen LogP contribution in [0.25, 0.3) is 0 Å². The topological polar surface area (TPSA) is 115 Å². The highest BCUT2D eigenvalue weighted by Gasteiger charge is 2.06. The molecule has 0 bridgehead atoms. The van der Waals surface area contributed by atoms with E-state index in [1.165, 1.54) is 0 Å². The van der Waals surface area contributed by atoms with Crippen molar-refractivity contribution in [3.63, 3.8) is 0 Å². The van der Waals surface area contributed by atoms with Crippen LogP contribution in [0.15, 0.2) is 0 Å². The molecule has 0 amide bonds. The molecule has 122 valence electrons. The molecule has 0 spiro atoms. The first kappa shape index (κ1) is 24.6. The van der Waals surface area contributed by atoms with E-state index in [0.29, 0.717) is 19.3 Å². The van der Waals surface area contributed by atoms with E-state index in [9.17, 15) is 9.59 Å². The van der Waals surface area contributed by atoms with Crippen LogP contribution >= 0.6 is 25.3 Å². The zero-order chi connectivity index (χ0) is 16.7. The average molecular weight is 330 g/mol. The molecule has 0 aliphatic carbocycles. The number of rotatable bonds is 6. The van der Waals surface area contributed by atoms with Crippen LogP contribution < -0.4 is 0 Å². The van der Waals surface area contributed by atoms with Crippen molar-refractivity contribution < 1.29 is 30.0 Å². The molecule has 0 rings (SSSR count). The van der Waals surface area contributed by atoms with Gasteiger partial charge in [-0.25, -0.2) is 0 Å². The second-order valence-corrected chi connectivity index (χ2v) is 5.04. The molecular formula is C12H26O6S2. The summed E-state index contributed by atoms with van der Waals surface area (Å²) in [5.41, 5.74) is 0. The quantitative estimate of drug-likeness (QED) is 0.326. The number of hydrogen-bond acceptors (Lipinski definition) is 6. The molecule has 6 nitrogen and oxygen atoms in total. The van der Waals surface area contributed by atoms with E-state index in [4.69, 9.17) is 20.4 Å². The van der Waals surface area contributed by atoms with Crippen LogP contribution in [-0.2, 0) is 9.59 Å². The standard InChI is InChI=1S/2C4H8O2S.C4H10O2/c2*1-2-3(7)4(5)6;1-2-3-4(5)6/h2*3,7H,2H2,1H3,(H,5,6);4-6H,2-3H2,1H3. The normalized spacial score (nSPS) is 12.4. The molecule has 0 heterocycles. The van der Waals surface area contributed by atoms with Gasteiger partial charge in [-0.15, -0.1) is 0 Å². The van der Waals surface area contributed by atoms with E-state index in [1.54, 1.807) is 13.8 Å². The first-order valence-corrected chi connectivity index (χ1v) is 7.34. The summed E-state index contributed by atoms with van der Waals surface area (Å²) in [6.45, 7) is 5.47. The summed E-state index contributed by atoms with van der Waals surface area (Å²) in [7, 11) is 0. The Kier molecular flexibility index (Phi) is 20.4. The van der Waals surface area contributed by atoms with Gasteiger partial charge in [0.05, 0.1) is 10.5 Å². The van der Waals surface area contributed by atoms with Crippen molar-refractivity contribution in [3.05, 3.63) is 0 Å². The third kappa shape index (κ3) is 22.7. The van der Waals surface area contributed by atoms with Crippen LogP contribution in [0.4, 0.5) is 0 Å². The van der Waals surface area contributed by atoms with E-state index < -0.39 is 28.7 Å². The zero-order valence-corrected chi connectivity index (χ0v) is 13.8. The summed E-state index contributed by atoms with van der Waals surface area (Å²) in [4.78, 5) is 19.7. The third-order valence-corrected chi connectivity index (χ3v) is 3.06. The lowest BCUT2D eigenvalue weighted by atomic mass is 10.3. The van der Waals surface area contributed by atoms with E-state index >= 15 is 0 Å². The minimum atomic E-state index is -1.10. The van der Waals surface area contributed by atoms with Gasteiger partial charge in [0.25, 0.3) is 0 Å². The maximum absolute atomic E-state index is 9.85. The summed E-state index contributed by atoms with van der Waals surface area (Å²) in [6.07, 6.45) is 1.38. The van der Waals surface area contributed by atoms with Crippen molar-refractivity contribution >= 4 is 37.2 Å². The summed E-state index contributed by atoms with van der Waals surface area (Å²) < 4.78 is 0. The van der Waals surface area contributed by atoms with E-state index in [-0.39, 0.29) is 0 Å². The highest BCUT2D eigenvalue weighted by Crippen LogP contribution is 1.98. The van der Waals surface area contributed by atoms with Crippen LogP contribution in [0.5, 0.6) is 0 Å². The van der Waals surface area contributed by atoms with Crippen molar-refractivity contribution in [2.24, 2.45) is 0 Å². The van der Waals surface area contributed by atoms with Crippen LogP contribution in [0.2, 0.25) is 0 Å². The fourth-order valence-electron chi connectivity index (χ4n) is 0.607. The second-order valence-electron chi connectivity index (χ2n) is 3.79. The second kappa shape index (κ2) is 16.6. The molecule has 0 aromatic rings.